The Balaban J connectivity index is 2.13. The lowest BCUT2D eigenvalue weighted by Gasteiger charge is -2.22. The van der Waals surface area contributed by atoms with E-state index >= 15 is 0 Å². The van der Waals surface area contributed by atoms with Crippen molar-refractivity contribution in [2.75, 3.05) is 0 Å². The van der Waals surface area contributed by atoms with Gasteiger partial charge < -0.3 is 5.11 Å². The zero-order chi connectivity index (χ0) is 13.2. The fourth-order valence-electron chi connectivity index (χ4n) is 2.23. The predicted molar refractivity (Wildman–Crippen MR) is 80.1 cm³/mol. The minimum absolute atomic E-state index is 0.682. The Morgan fingerprint density at radius 1 is 1.28 bits per heavy atom. The fourth-order valence-corrected chi connectivity index (χ4v) is 3.36. The van der Waals surface area contributed by atoms with Gasteiger partial charge in [-0.05, 0) is 43.2 Å². The van der Waals surface area contributed by atoms with Crippen LogP contribution in [0.3, 0.4) is 0 Å². The molecule has 0 saturated heterocycles. The molecule has 1 atom stereocenters. The van der Waals surface area contributed by atoms with Crippen LogP contribution in [-0.2, 0) is 5.60 Å². The van der Waals surface area contributed by atoms with Crippen LogP contribution in [0.1, 0.15) is 44.9 Å². The second kappa shape index (κ2) is 5.41. The van der Waals surface area contributed by atoms with E-state index in [1.54, 1.807) is 11.3 Å². The van der Waals surface area contributed by atoms with Gasteiger partial charge in [-0.3, -0.25) is 0 Å². The van der Waals surface area contributed by atoms with E-state index in [4.69, 9.17) is 0 Å². The molecule has 1 aromatic carbocycles. The summed E-state index contributed by atoms with van der Waals surface area (Å²) >= 11 is 1.71. The Hall–Kier alpha value is -0.860. The van der Waals surface area contributed by atoms with Gasteiger partial charge in [-0.15, -0.1) is 11.3 Å². The molecule has 2 aromatic rings. The molecule has 98 valence electrons. The molecule has 0 aliphatic carbocycles. The molecule has 0 fully saturated rings. The number of hydrogen-bond donors (Lipinski definition) is 1. The molecule has 0 bridgehead atoms. The molecule has 0 amide bonds. The molecular formula is C16H22OS. The SMILES string of the molecule is CC(C)CCCC(C)(O)c1cc2ccccc2s1. The first kappa shape index (κ1) is 13.6. The zero-order valence-corrected chi connectivity index (χ0v) is 12.3. The van der Waals surface area contributed by atoms with Gasteiger partial charge in [0.05, 0.1) is 5.60 Å². The molecule has 0 radical (unpaired) electrons. The van der Waals surface area contributed by atoms with E-state index in [0.717, 1.165) is 17.7 Å². The van der Waals surface area contributed by atoms with Crippen molar-refractivity contribution in [2.24, 2.45) is 5.92 Å². The van der Waals surface area contributed by atoms with E-state index in [9.17, 15) is 5.11 Å². The smallest absolute Gasteiger partial charge is 0.0960 e. The van der Waals surface area contributed by atoms with Crippen molar-refractivity contribution >= 4 is 21.4 Å². The van der Waals surface area contributed by atoms with Gasteiger partial charge in [-0.25, -0.2) is 0 Å². The lowest BCUT2D eigenvalue weighted by Crippen LogP contribution is -2.19. The lowest BCUT2D eigenvalue weighted by molar-refractivity contribution is 0.0479. The summed E-state index contributed by atoms with van der Waals surface area (Å²) in [7, 11) is 0. The Kier molecular flexibility index (Phi) is 4.08. The normalized spacial score (nSPS) is 15.2. The molecule has 2 rings (SSSR count). The van der Waals surface area contributed by atoms with Gasteiger partial charge in [0.15, 0.2) is 0 Å². The average Bonchev–Trinajstić information content (AvgIpc) is 2.72. The molecule has 1 heterocycles. The molecule has 0 saturated carbocycles. The first-order valence-electron chi connectivity index (χ1n) is 6.70. The summed E-state index contributed by atoms with van der Waals surface area (Å²) in [6.07, 6.45) is 3.11. The molecule has 1 N–H and O–H groups in total. The maximum Gasteiger partial charge on any atom is 0.0960 e. The number of hydrogen-bond acceptors (Lipinski definition) is 2. The van der Waals surface area contributed by atoms with Crippen molar-refractivity contribution in [2.45, 2.75) is 45.6 Å². The summed E-state index contributed by atoms with van der Waals surface area (Å²) in [5.41, 5.74) is -0.682. The Morgan fingerprint density at radius 2 is 2.00 bits per heavy atom. The van der Waals surface area contributed by atoms with Crippen molar-refractivity contribution in [3.8, 4) is 0 Å². The maximum atomic E-state index is 10.6. The van der Waals surface area contributed by atoms with Gasteiger partial charge in [-0.1, -0.05) is 38.5 Å². The van der Waals surface area contributed by atoms with E-state index in [1.807, 2.05) is 13.0 Å². The van der Waals surface area contributed by atoms with Crippen molar-refractivity contribution in [3.63, 3.8) is 0 Å². The van der Waals surface area contributed by atoms with Crippen LogP contribution in [0, 0.1) is 5.92 Å². The highest BCUT2D eigenvalue weighted by Crippen LogP contribution is 2.36. The molecule has 18 heavy (non-hydrogen) atoms. The topological polar surface area (TPSA) is 20.2 Å². The van der Waals surface area contributed by atoms with Crippen LogP contribution in [0.2, 0.25) is 0 Å². The van der Waals surface area contributed by atoms with Gasteiger partial charge >= 0.3 is 0 Å². The highest BCUT2D eigenvalue weighted by atomic mass is 32.1. The molecule has 0 spiro atoms. The standard InChI is InChI=1S/C16H22OS/c1-12(2)7-6-10-16(3,17)15-11-13-8-4-5-9-14(13)18-15/h4-5,8-9,11-12,17H,6-7,10H2,1-3H3. The van der Waals surface area contributed by atoms with E-state index in [0.29, 0.717) is 5.92 Å². The number of fused-ring (bicyclic) bond motifs is 1. The minimum Gasteiger partial charge on any atom is -0.385 e. The van der Waals surface area contributed by atoms with Crippen molar-refractivity contribution in [3.05, 3.63) is 35.2 Å². The Labute approximate surface area is 113 Å². The molecule has 2 heteroatoms. The lowest BCUT2D eigenvalue weighted by atomic mass is 9.94. The second-order valence-corrected chi connectivity index (χ2v) is 6.79. The first-order chi connectivity index (χ1) is 8.49. The third-order valence-corrected chi connectivity index (χ3v) is 4.77. The van der Waals surface area contributed by atoms with E-state index < -0.39 is 5.60 Å². The van der Waals surface area contributed by atoms with Gasteiger partial charge in [-0.2, -0.15) is 0 Å². The van der Waals surface area contributed by atoms with E-state index in [-0.39, 0.29) is 0 Å². The second-order valence-electron chi connectivity index (χ2n) is 5.71. The first-order valence-corrected chi connectivity index (χ1v) is 7.52. The monoisotopic (exact) mass is 262 g/mol. The highest BCUT2D eigenvalue weighted by molar-refractivity contribution is 7.19. The van der Waals surface area contributed by atoms with Crippen LogP contribution < -0.4 is 0 Å². The van der Waals surface area contributed by atoms with Gasteiger partial charge in [0.1, 0.15) is 0 Å². The molecule has 0 aliphatic heterocycles. The molecule has 0 aliphatic rings. The molecular weight excluding hydrogens is 240 g/mol. The summed E-state index contributed by atoms with van der Waals surface area (Å²) in [6.45, 7) is 6.40. The van der Waals surface area contributed by atoms with Gasteiger partial charge in [0.2, 0.25) is 0 Å². The van der Waals surface area contributed by atoms with Gasteiger partial charge in [0, 0.05) is 9.58 Å². The van der Waals surface area contributed by atoms with Crippen LogP contribution in [0.5, 0.6) is 0 Å². The van der Waals surface area contributed by atoms with E-state index in [1.165, 1.54) is 16.5 Å². The zero-order valence-electron chi connectivity index (χ0n) is 11.4. The van der Waals surface area contributed by atoms with Crippen LogP contribution in [0.15, 0.2) is 30.3 Å². The summed E-state index contributed by atoms with van der Waals surface area (Å²) in [5.74, 6) is 0.711. The quantitative estimate of drug-likeness (QED) is 0.809. The van der Waals surface area contributed by atoms with Crippen molar-refractivity contribution in [1.29, 1.82) is 0 Å². The third-order valence-electron chi connectivity index (χ3n) is 3.40. The maximum absolute atomic E-state index is 10.6. The summed E-state index contributed by atoms with van der Waals surface area (Å²) in [4.78, 5) is 1.09. The fraction of sp³-hybridized carbons (Fsp3) is 0.500. The van der Waals surface area contributed by atoms with E-state index in [2.05, 4.69) is 38.1 Å². The summed E-state index contributed by atoms with van der Waals surface area (Å²) in [6, 6.07) is 10.5. The van der Waals surface area contributed by atoms with Crippen molar-refractivity contribution < 1.29 is 5.11 Å². The largest absolute Gasteiger partial charge is 0.385 e. The number of aliphatic hydroxyl groups is 1. The number of benzene rings is 1. The minimum atomic E-state index is -0.682. The summed E-state index contributed by atoms with van der Waals surface area (Å²) < 4.78 is 1.26. The third kappa shape index (κ3) is 3.12. The average molecular weight is 262 g/mol. The molecule has 1 unspecified atom stereocenters. The number of thiophene rings is 1. The van der Waals surface area contributed by atoms with Crippen LogP contribution in [0.25, 0.3) is 10.1 Å². The molecule has 1 aromatic heterocycles. The van der Waals surface area contributed by atoms with Gasteiger partial charge in [0.25, 0.3) is 0 Å². The van der Waals surface area contributed by atoms with Crippen LogP contribution in [-0.4, -0.2) is 5.11 Å². The molecule has 1 nitrogen and oxygen atoms in total. The van der Waals surface area contributed by atoms with Crippen LogP contribution >= 0.6 is 11.3 Å². The Bertz CT molecular complexity index is 478. The highest BCUT2D eigenvalue weighted by Gasteiger charge is 2.24. The number of rotatable bonds is 5. The van der Waals surface area contributed by atoms with Crippen LogP contribution in [0.4, 0.5) is 0 Å². The predicted octanol–water partition coefficient (Wildman–Crippen LogP) is 4.94. The summed E-state index contributed by atoms with van der Waals surface area (Å²) in [5, 5.41) is 11.8. The van der Waals surface area contributed by atoms with Crippen molar-refractivity contribution in [1.82, 2.24) is 0 Å². The Morgan fingerprint density at radius 3 is 2.67 bits per heavy atom.